The molecule has 0 unspecified atom stereocenters. The number of benzene rings is 1. The Balaban J connectivity index is 2.16. The zero-order valence-electron chi connectivity index (χ0n) is 11.6. The molecule has 3 aromatic rings. The number of nitrogens with one attached hydrogen (secondary N) is 1. The number of fused-ring (bicyclic) bond motifs is 1. The lowest BCUT2D eigenvalue weighted by Crippen LogP contribution is -2.09. The number of aryl methyl sites for hydroxylation is 1. The maximum Gasteiger partial charge on any atom is 0.254 e. The van der Waals surface area contributed by atoms with Crippen LogP contribution in [0.3, 0.4) is 0 Å². The van der Waals surface area contributed by atoms with Gasteiger partial charge in [0.1, 0.15) is 23.8 Å². The van der Waals surface area contributed by atoms with Crippen molar-refractivity contribution in [1.29, 1.82) is 0 Å². The minimum absolute atomic E-state index is 0.175. The molecular weight excluding hydrogens is 276 g/mol. The van der Waals surface area contributed by atoms with Gasteiger partial charge in [-0.1, -0.05) is 6.92 Å². The van der Waals surface area contributed by atoms with Crippen LogP contribution in [0.15, 0.2) is 24.5 Å². The Labute approximate surface area is 119 Å². The Morgan fingerprint density at radius 2 is 2.10 bits per heavy atom. The second kappa shape index (κ2) is 5.08. The van der Waals surface area contributed by atoms with Gasteiger partial charge in [0, 0.05) is 17.3 Å². The first-order chi connectivity index (χ1) is 10.1. The van der Waals surface area contributed by atoms with Gasteiger partial charge >= 0.3 is 0 Å². The average Bonchev–Trinajstić information content (AvgIpc) is 2.89. The lowest BCUT2D eigenvalue weighted by molar-refractivity contribution is 0.586. The number of hydrogen-bond acceptors (Lipinski definition) is 4. The van der Waals surface area contributed by atoms with Crippen LogP contribution in [0, 0.1) is 18.6 Å². The van der Waals surface area contributed by atoms with E-state index in [9.17, 15) is 8.78 Å². The third-order valence-corrected chi connectivity index (χ3v) is 3.27. The van der Waals surface area contributed by atoms with Gasteiger partial charge in [-0.3, -0.25) is 0 Å². The first-order valence-corrected chi connectivity index (χ1v) is 6.51. The van der Waals surface area contributed by atoms with E-state index in [1.165, 1.54) is 23.0 Å². The highest BCUT2D eigenvalue weighted by atomic mass is 19.1. The van der Waals surface area contributed by atoms with E-state index < -0.39 is 11.6 Å². The van der Waals surface area contributed by atoms with Gasteiger partial charge in [-0.2, -0.15) is 14.6 Å². The highest BCUT2D eigenvalue weighted by molar-refractivity contribution is 5.63. The third kappa shape index (κ3) is 2.31. The van der Waals surface area contributed by atoms with Crippen LogP contribution in [0.2, 0.25) is 0 Å². The predicted molar refractivity (Wildman–Crippen MR) is 74.5 cm³/mol. The van der Waals surface area contributed by atoms with Crippen molar-refractivity contribution in [2.45, 2.75) is 20.3 Å². The fourth-order valence-electron chi connectivity index (χ4n) is 2.26. The number of nitrogens with zero attached hydrogens (tertiary/aromatic N) is 4. The summed E-state index contributed by atoms with van der Waals surface area (Å²) in [6.07, 6.45) is 2.08. The normalized spacial score (nSPS) is 11.0. The number of aromatic nitrogens is 4. The third-order valence-electron chi connectivity index (χ3n) is 3.27. The molecule has 1 N–H and O–H groups in total. The molecule has 0 aliphatic heterocycles. The molecule has 0 fully saturated rings. The van der Waals surface area contributed by atoms with Crippen LogP contribution in [0.25, 0.3) is 5.78 Å². The van der Waals surface area contributed by atoms with Crippen molar-refractivity contribution >= 4 is 17.3 Å². The maximum absolute atomic E-state index is 13.8. The summed E-state index contributed by atoms with van der Waals surface area (Å²) in [5.41, 5.74) is 1.87. The van der Waals surface area contributed by atoms with Gasteiger partial charge in [0.05, 0.1) is 5.69 Å². The van der Waals surface area contributed by atoms with Crippen LogP contribution in [0.1, 0.15) is 18.2 Å². The van der Waals surface area contributed by atoms with E-state index in [1.54, 1.807) is 0 Å². The van der Waals surface area contributed by atoms with E-state index in [1.807, 2.05) is 13.8 Å². The van der Waals surface area contributed by atoms with Crippen LogP contribution >= 0.6 is 0 Å². The van der Waals surface area contributed by atoms with Crippen LogP contribution in [0.4, 0.5) is 20.3 Å². The van der Waals surface area contributed by atoms with Gasteiger partial charge in [0.25, 0.3) is 5.78 Å². The minimum atomic E-state index is -0.667. The Morgan fingerprint density at radius 3 is 2.81 bits per heavy atom. The van der Waals surface area contributed by atoms with Gasteiger partial charge in [-0.15, -0.1) is 0 Å². The SMILES string of the molecule is CCc1c(C)nc2ncnn2c1Nc1ccc(F)cc1F. The van der Waals surface area contributed by atoms with Crippen LogP contribution in [-0.4, -0.2) is 19.6 Å². The van der Waals surface area contributed by atoms with E-state index in [2.05, 4.69) is 20.4 Å². The zero-order chi connectivity index (χ0) is 15.0. The molecule has 0 amide bonds. The minimum Gasteiger partial charge on any atom is -0.337 e. The highest BCUT2D eigenvalue weighted by Gasteiger charge is 2.15. The maximum atomic E-state index is 13.8. The fourth-order valence-corrected chi connectivity index (χ4v) is 2.26. The smallest absolute Gasteiger partial charge is 0.254 e. The lowest BCUT2D eigenvalue weighted by atomic mass is 10.1. The quantitative estimate of drug-likeness (QED) is 0.805. The van der Waals surface area contributed by atoms with Crippen LogP contribution in [-0.2, 0) is 6.42 Å². The van der Waals surface area contributed by atoms with Gasteiger partial charge in [0.2, 0.25) is 0 Å². The molecule has 0 atom stereocenters. The molecule has 0 aliphatic rings. The number of anilines is 2. The van der Waals surface area contributed by atoms with E-state index in [0.29, 0.717) is 18.0 Å². The molecule has 108 valence electrons. The van der Waals surface area contributed by atoms with E-state index in [4.69, 9.17) is 0 Å². The van der Waals surface area contributed by atoms with Gasteiger partial charge in [-0.25, -0.2) is 13.8 Å². The van der Waals surface area contributed by atoms with Crippen LogP contribution < -0.4 is 5.32 Å². The Kier molecular flexibility index (Phi) is 3.25. The fraction of sp³-hybridized carbons (Fsp3) is 0.214. The Hall–Kier alpha value is -2.57. The summed E-state index contributed by atoms with van der Waals surface area (Å²) in [5.74, 6) is -0.275. The second-order valence-electron chi connectivity index (χ2n) is 4.60. The van der Waals surface area contributed by atoms with Crippen LogP contribution in [0.5, 0.6) is 0 Å². The summed E-state index contributed by atoms with van der Waals surface area (Å²) < 4.78 is 28.3. The van der Waals surface area contributed by atoms with Crippen molar-refractivity contribution in [1.82, 2.24) is 19.6 Å². The van der Waals surface area contributed by atoms with Gasteiger partial charge in [-0.05, 0) is 25.5 Å². The molecule has 0 saturated carbocycles. The standard InChI is InChI=1S/C14H13F2N5/c1-3-10-8(2)19-14-17-7-18-21(14)13(10)20-12-5-4-9(15)6-11(12)16/h4-7,20H,3H2,1-2H3. The number of halogens is 2. The molecular formula is C14H13F2N5. The molecule has 0 radical (unpaired) electrons. The molecule has 2 heterocycles. The molecule has 0 spiro atoms. The molecule has 1 aromatic carbocycles. The van der Waals surface area contributed by atoms with Crippen molar-refractivity contribution in [3.63, 3.8) is 0 Å². The topological polar surface area (TPSA) is 55.1 Å². The molecule has 0 saturated heterocycles. The average molecular weight is 289 g/mol. The molecule has 7 heteroatoms. The monoisotopic (exact) mass is 289 g/mol. The van der Waals surface area contributed by atoms with E-state index in [0.717, 1.165) is 17.3 Å². The van der Waals surface area contributed by atoms with Gasteiger partial charge in [0.15, 0.2) is 0 Å². The number of hydrogen-bond donors (Lipinski definition) is 1. The predicted octanol–water partition coefficient (Wildman–Crippen LogP) is 3.02. The molecule has 0 bridgehead atoms. The van der Waals surface area contributed by atoms with E-state index >= 15 is 0 Å². The Bertz CT molecular complexity index is 812. The summed E-state index contributed by atoms with van der Waals surface area (Å²) in [4.78, 5) is 8.38. The lowest BCUT2D eigenvalue weighted by Gasteiger charge is -2.14. The first-order valence-electron chi connectivity index (χ1n) is 6.51. The van der Waals surface area contributed by atoms with E-state index in [-0.39, 0.29) is 5.69 Å². The first kappa shape index (κ1) is 13.4. The molecule has 5 nitrogen and oxygen atoms in total. The van der Waals surface area contributed by atoms with Crippen molar-refractivity contribution < 1.29 is 8.78 Å². The second-order valence-corrected chi connectivity index (χ2v) is 4.60. The van der Waals surface area contributed by atoms with Crippen molar-refractivity contribution in [2.24, 2.45) is 0 Å². The van der Waals surface area contributed by atoms with Crippen molar-refractivity contribution in [2.75, 3.05) is 5.32 Å². The van der Waals surface area contributed by atoms with Gasteiger partial charge < -0.3 is 5.32 Å². The molecule has 21 heavy (non-hydrogen) atoms. The Morgan fingerprint density at radius 1 is 1.29 bits per heavy atom. The van der Waals surface area contributed by atoms with Crippen molar-refractivity contribution in [3.05, 3.63) is 47.4 Å². The summed E-state index contributed by atoms with van der Waals surface area (Å²) in [7, 11) is 0. The molecule has 2 aromatic heterocycles. The molecule has 0 aliphatic carbocycles. The summed E-state index contributed by atoms with van der Waals surface area (Å²) >= 11 is 0. The summed E-state index contributed by atoms with van der Waals surface area (Å²) in [6, 6.07) is 3.38. The number of rotatable bonds is 3. The summed E-state index contributed by atoms with van der Waals surface area (Å²) in [6.45, 7) is 3.83. The largest absolute Gasteiger partial charge is 0.337 e. The summed E-state index contributed by atoms with van der Waals surface area (Å²) in [5, 5.41) is 7.06. The molecule has 3 rings (SSSR count). The highest BCUT2D eigenvalue weighted by Crippen LogP contribution is 2.25. The zero-order valence-corrected chi connectivity index (χ0v) is 11.6. The van der Waals surface area contributed by atoms with Crippen molar-refractivity contribution in [3.8, 4) is 0 Å².